The third-order valence-corrected chi connectivity index (χ3v) is 3.46. The molecule has 0 saturated heterocycles. The molecule has 2 rings (SSSR count). The Hall–Kier alpha value is -1.69. The first-order valence-electron chi connectivity index (χ1n) is 5.64. The molecule has 18 heavy (non-hydrogen) atoms. The van der Waals surface area contributed by atoms with Gasteiger partial charge in [0, 0.05) is 11.8 Å². The second-order valence-electron chi connectivity index (χ2n) is 4.19. The summed E-state index contributed by atoms with van der Waals surface area (Å²) >= 11 is 1.77. The molecule has 0 radical (unpaired) electrons. The molecular formula is C12H16N4OS. The number of fused-ring (bicyclic) bond motifs is 1. The number of aromatic amines is 1. The number of hydrogen-bond donors (Lipinski definition) is 3. The molecule has 5 nitrogen and oxygen atoms in total. The fourth-order valence-electron chi connectivity index (χ4n) is 1.81. The van der Waals surface area contributed by atoms with E-state index in [1.165, 1.54) is 6.33 Å². The quantitative estimate of drug-likeness (QED) is 0.732. The van der Waals surface area contributed by atoms with Crippen molar-refractivity contribution in [2.45, 2.75) is 13.0 Å². The molecule has 1 heterocycles. The van der Waals surface area contributed by atoms with E-state index in [0.29, 0.717) is 22.6 Å². The Morgan fingerprint density at radius 1 is 1.56 bits per heavy atom. The maximum atomic E-state index is 11.6. The molecule has 1 unspecified atom stereocenters. The Balaban J connectivity index is 2.41. The summed E-state index contributed by atoms with van der Waals surface area (Å²) in [6, 6.07) is 3.79. The van der Waals surface area contributed by atoms with Crippen LogP contribution in [0.3, 0.4) is 0 Å². The molecule has 0 fully saturated rings. The van der Waals surface area contributed by atoms with E-state index in [1.807, 2.05) is 6.07 Å². The highest BCUT2D eigenvalue weighted by atomic mass is 32.2. The predicted molar refractivity (Wildman–Crippen MR) is 78.2 cm³/mol. The van der Waals surface area contributed by atoms with E-state index in [1.54, 1.807) is 17.8 Å². The number of hydrogen-bond acceptors (Lipinski definition) is 5. The van der Waals surface area contributed by atoms with E-state index >= 15 is 0 Å². The highest BCUT2D eigenvalue weighted by molar-refractivity contribution is 7.98. The minimum absolute atomic E-state index is 0.171. The minimum atomic E-state index is -0.171. The summed E-state index contributed by atoms with van der Waals surface area (Å²) in [6.07, 6.45) is 3.46. The number of nitrogens with one attached hydrogen (secondary N) is 2. The monoisotopic (exact) mass is 264 g/mol. The van der Waals surface area contributed by atoms with Crippen molar-refractivity contribution in [3.8, 4) is 0 Å². The van der Waals surface area contributed by atoms with Gasteiger partial charge in [-0.25, -0.2) is 4.98 Å². The fourth-order valence-corrected chi connectivity index (χ4v) is 2.40. The third kappa shape index (κ3) is 2.59. The molecule has 4 N–H and O–H groups in total. The summed E-state index contributed by atoms with van der Waals surface area (Å²) < 4.78 is 0. The lowest BCUT2D eigenvalue weighted by Gasteiger charge is -2.16. The first-order valence-corrected chi connectivity index (χ1v) is 7.03. The molecule has 1 aromatic carbocycles. The molecule has 0 spiro atoms. The van der Waals surface area contributed by atoms with Crippen molar-refractivity contribution in [2.75, 3.05) is 23.1 Å². The molecule has 2 aromatic rings. The normalized spacial score (nSPS) is 12.6. The van der Waals surface area contributed by atoms with Gasteiger partial charge in [0.05, 0.1) is 28.6 Å². The van der Waals surface area contributed by atoms with Gasteiger partial charge in [0.2, 0.25) is 0 Å². The van der Waals surface area contributed by atoms with E-state index in [9.17, 15) is 4.79 Å². The molecule has 6 heteroatoms. The second kappa shape index (κ2) is 5.30. The number of benzene rings is 1. The number of rotatable bonds is 4. The number of nitrogens with zero attached hydrogens (tertiary/aromatic N) is 1. The van der Waals surface area contributed by atoms with Crippen LogP contribution in [-0.4, -0.2) is 28.0 Å². The number of nitrogen functional groups attached to an aromatic ring is 1. The van der Waals surface area contributed by atoms with Crippen LogP contribution in [0.1, 0.15) is 6.92 Å². The number of H-pyrrole nitrogens is 1. The van der Waals surface area contributed by atoms with Crippen molar-refractivity contribution in [1.82, 2.24) is 9.97 Å². The van der Waals surface area contributed by atoms with Gasteiger partial charge in [0.1, 0.15) is 0 Å². The summed E-state index contributed by atoms with van der Waals surface area (Å²) in [6.45, 7) is 2.09. The van der Waals surface area contributed by atoms with E-state index in [0.717, 1.165) is 11.4 Å². The van der Waals surface area contributed by atoms with Gasteiger partial charge in [-0.15, -0.1) is 0 Å². The van der Waals surface area contributed by atoms with E-state index in [2.05, 4.69) is 28.5 Å². The van der Waals surface area contributed by atoms with Crippen LogP contribution >= 0.6 is 11.8 Å². The van der Waals surface area contributed by atoms with Crippen molar-refractivity contribution in [1.29, 1.82) is 0 Å². The Kier molecular flexibility index (Phi) is 3.76. The molecule has 0 amide bonds. The van der Waals surface area contributed by atoms with E-state index < -0.39 is 0 Å². The maximum Gasteiger partial charge on any atom is 0.258 e. The van der Waals surface area contributed by atoms with Gasteiger partial charge in [0.15, 0.2) is 0 Å². The lowest BCUT2D eigenvalue weighted by Crippen LogP contribution is -2.19. The van der Waals surface area contributed by atoms with Crippen LogP contribution < -0.4 is 16.6 Å². The van der Waals surface area contributed by atoms with E-state index in [4.69, 9.17) is 5.73 Å². The fraction of sp³-hybridized carbons (Fsp3) is 0.333. The topological polar surface area (TPSA) is 83.8 Å². The molecular weight excluding hydrogens is 248 g/mol. The molecule has 0 bridgehead atoms. The highest BCUT2D eigenvalue weighted by Gasteiger charge is 2.08. The van der Waals surface area contributed by atoms with Gasteiger partial charge in [0.25, 0.3) is 5.56 Å². The van der Waals surface area contributed by atoms with Crippen molar-refractivity contribution in [3.05, 3.63) is 28.8 Å². The maximum absolute atomic E-state index is 11.6. The van der Waals surface area contributed by atoms with Gasteiger partial charge in [-0.3, -0.25) is 4.79 Å². The Morgan fingerprint density at radius 3 is 3.06 bits per heavy atom. The molecule has 0 saturated carbocycles. The Labute approximate surface area is 109 Å². The van der Waals surface area contributed by atoms with Crippen molar-refractivity contribution in [3.63, 3.8) is 0 Å². The minimum Gasteiger partial charge on any atom is -0.397 e. The van der Waals surface area contributed by atoms with E-state index in [-0.39, 0.29) is 5.56 Å². The Bertz CT molecular complexity index is 611. The van der Waals surface area contributed by atoms with Crippen LogP contribution in [0.4, 0.5) is 11.4 Å². The summed E-state index contributed by atoms with van der Waals surface area (Å²) in [7, 11) is 0. The smallest absolute Gasteiger partial charge is 0.258 e. The lowest BCUT2D eigenvalue weighted by molar-refractivity contribution is 0.915. The van der Waals surface area contributed by atoms with Crippen LogP contribution in [0.5, 0.6) is 0 Å². The van der Waals surface area contributed by atoms with Crippen LogP contribution in [0.25, 0.3) is 10.9 Å². The number of nitrogens with two attached hydrogens (primary N) is 1. The van der Waals surface area contributed by atoms with Crippen LogP contribution in [0.15, 0.2) is 23.3 Å². The SMILES string of the molecule is CSCC(C)Nc1cc2nc[nH]c(=O)c2cc1N. The van der Waals surface area contributed by atoms with Crippen molar-refractivity contribution >= 4 is 34.0 Å². The second-order valence-corrected chi connectivity index (χ2v) is 5.10. The summed E-state index contributed by atoms with van der Waals surface area (Å²) in [5, 5.41) is 3.84. The van der Waals surface area contributed by atoms with Gasteiger partial charge in [-0.1, -0.05) is 0 Å². The molecule has 0 aliphatic heterocycles. The molecule has 1 aromatic heterocycles. The predicted octanol–water partition coefficient (Wildman–Crippen LogP) is 1.67. The number of thioether (sulfide) groups is 1. The lowest BCUT2D eigenvalue weighted by atomic mass is 10.2. The summed E-state index contributed by atoms with van der Waals surface area (Å²) in [5.74, 6) is 0.986. The third-order valence-electron chi connectivity index (χ3n) is 2.63. The molecule has 96 valence electrons. The zero-order chi connectivity index (χ0) is 13.1. The van der Waals surface area contributed by atoms with Gasteiger partial charge in [-0.2, -0.15) is 11.8 Å². The van der Waals surface area contributed by atoms with Crippen molar-refractivity contribution in [2.24, 2.45) is 0 Å². The standard InChI is InChI=1S/C12H16N4OS/c1-7(5-18-2)16-11-4-10-8(3-9(11)13)12(17)15-6-14-10/h3-4,6-7,16H,5,13H2,1-2H3,(H,14,15,17). The number of anilines is 2. The van der Waals surface area contributed by atoms with Gasteiger partial charge >= 0.3 is 0 Å². The van der Waals surface area contributed by atoms with Gasteiger partial charge in [-0.05, 0) is 25.3 Å². The molecule has 0 aliphatic carbocycles. The average molecular weight is 264 g/mol. The van der Waals surface area contributed by atoms with Crippen LogP contribution in [0, 0.1) is 0 Å². The first kappa shape index (κ1) is 12.8. The zero-order valence-corrected chi connectivity index (χ0v) is 11.2. The highest BCUT2D eigenvalue weighted by Crippen LogP contribution is 2.23. The Morgan fingerprint density at radius 2 is 2.33 bits per heavy atom. The van der Waals surface area contributed by atoms with Crippen LogP contribution in [0.2, 0.25) is 0 Å². The molecule has 1 atom stereocenters. The average Bonchev–Trinajstić information content (AvgIpc) is 2.32. The summed E-state index contributed by atoms with van der Waals surface area (Å²) in [5.41, 5.74) is 7.81. The van der Waals surface area contributed by atoms with Crippen molar-refractivity contribution < 1.29 is 0 Å². The summed E-state index contributed by atoms with van der Waals surface area (Å²) in [4.78, 5) is 18.3. The van der Waals surface area contributed by atoms with Crippen LogP contribution in [-0.2, 0) is 0 Å². The largest absolute Gasteiger partial charge is 0.397 e. The first-order chi connectivity index (χ1) is 8.61. The number of aromatic nitrogens is 2. The molecule has 0 aliphatic rings. The zero-order valence-electron chi connectivity index (χ0n) is 10.4. The van der Waals surface area contributed by atoms with Gasteiger partial charge < -0.3 is 16.0 Å².